The molecule has 4 amide bonds. The standard InChI is InChI=1S/C36H56F3N5O4Si/c1-6-30(45)41-34(3,33(48)44-21-19-43(4)20-22-44)24(2)25-17-18-29(28(37)23-25)40-32(47)36(49-5,27-15-11-8-12-16-27)42-31(46)35(38,39)26-13-9-7-10-14-26/h17-18,23-24,26-27H,6-16,19-22,49H2,1-5H3,(H,40,47)(H,41,45)(H,42,46)/t24-,34?,36-/m0/s1. The van der Waals surface area contributed by atoms with Crippen LogP contribution in [0, 0.1) is 17.7 Å². The molecule has 9 nitrogen and oxygen atoms in total. The number of likely N-dealkylation sites (N-methyl/N-ethyl adjacent to an activating group) is 1. The lowest BCUT2D eigenvalue weighted by atomic mass is 9.80. The van der Waals surface area contributed by atoms with Crippen LogP contribution in [0.15, 0.2) is 18.2 Å². The quantitative estimate of drug-likeness (QED) is 0.272. The predicted molar refractivity (Wildman–Crippen MR) is 188 cm³/mol. The highest BCUT2D eigenvalue weighted by molar-refractivity contribution is 6.48. The fraction of sp³-hybridized carbons (Fsp3) is 0.722. The molecule has 0 spiro atoms. The van der Waals surface area contributed by atoms with Gasteiger partial charge in [-0.2, -0.15) is 8.78 Å². The minimum atomic E-state index is -3.60. The van der Waals surface area contributed by atoms with Gasteiger partial charge in [0.2, 0.25) is 17.7 Å². The first kappa shape index (κ1) is 38.9. The zero-order chi connectivity index (χ0) is 36.0. The van der Waals surface area contributed by atoms with Crippen molar-refractivity contribution >= 4 is 38.8 Å². The van der Waals surface area contributed by atoms with Crippen LogP contribution < -0.4 is 16.0 Å². The van der Waals surface area contributed by atoms with Crippen molar-refractivity contribution in [3.8, 4) is 0 Å². The molecule has 3 atom stereocenters. The molecule has 1 heterocycles. The van der Waals surface area contributed by atoms with E-state index in [1.807, 2.05) is 13.6 Å². The molecule has 13 heteroatoms. The van der Waals surface area contributed by atoms with Crippen molar-refractivity contribution in [1.29, 1.82) is 0 Å². The number of nitrogens with zero attached hydrogens (tertiary/aromatic N) is 2. The van der Waals surface area contributed by atoms with Gasteiger partial charge in [-0.15, -0.1) is 0 Å². The smallest absolute Gasteiger partial charge is 0.327 e. The van der Waals surface area contributed by atoms with Crippen LogP contribution in [-0.4, -0.2) is 92.8 Å². The largest absolute Gasteiger partial charge is 0.341 e. The van der Waals surface area contributed by atoms with Crippen molar-refractivity contribution in [2.24, 2.45) is 11.8 Å². The molecule has 1 aromatic rings. The van der Waals surface area contributed by atoms with Crippen LogP contribution in [0.25, 0.3) is 0 Å². The van der Waals surface area contributed by atoms with Crippen LogP contribution in [0.4, 0.5) is 18.9 Å². The third-order valence-corrected chi connectivity index (χ3v) is 13.8. The summed E-state index contributed by atoms with van der Waals surface area (Å²) in [6.07, 6.45) is 6.71. The molecule has 274 valence electrons. The van der Waals surface area contributed by atoms with Crippen LogP contribution in [0.2, 0.25) is 6.55 Å². The van der Waals surface area contributed by atoms with Gasteiger partial charge < -0.3 is 25.8 Å². The predicted octanol–water partition coefficient (Wildman–Crippen LogP) is 4.75. The number of carbonyl (C=O) groups excluding carboxylic acids is 4. The van der Waals surface area contributed by atoms with Crippen molar-refractivity contribution in [2.45, 2.75) is 120 Å². The average molecular weight is 708 g/mol. The Morgan fingerprint density at radius 2 is 1.47 bits per heavy atom. The normalized spacial score (nSPS) is 21.8. The summed E-state index contributed by atoms with van der Waals surface area (Å²) in [6, 6.07) is 4.26. The van der Waals surface area contributed by atoms with E-state index < -0.39 is 55.6 Å². The second kappa shape index (κ2) is 16.4. The van der Waals surface area contributed by atoms with Crippen LogP contribution in [-0.2, 0) is 19.2 Å². The summed E-state index contributed by atoms with van der Waals surface area (Å²) in [5.41, 5.74) is -1.06. The van der Waals surface area contributed by atoms with E-state index in [9.17, 15) is 19.2 Å². The van der Waals surface area contributed by atoms with E-state index in [0.29, 0.717) is 57.4 Å². The van der Waals surface area contributed by atoms with Crippen molar-refractivity contribution in [3.63, 3.8) is 0 Å². The van der Waals surface area contributed by atoms with Gasteiger partial charge in [0.25, 0.3) is 5.91 Å². The zero-order valence-corrected chi connectivity index (χ0v) is 31.4. The molecular formula is C36H56F3N5O4Si. The summed E-state index contributed by atoms with van der Waals surface area (Å²) < 4.78 is 47.0. The molecule has 1 unspecified atom stereocenters. The Kier molecular flexibility index (Phi) is 13.0. The summed E-state index contributed by atoms with van der Waals surface area (Å²) in [6.45, 7) is 9.36. The Morgan fingerprint density at radius 3 is 2.00 bits per heavy atom. The molecule has 1 saturated heterocycles. The van der Waals surface area contributed by atoms with Gasteiger partial charge in [0, 0.05) is 44.4 Å². The second-order valence-electron chi connectivity index (χ2n) is 14.7. The molecule has 0 radical (unpaired) electrons. The SMILES string of the molecule is CCC(=O)NC(C)(C(=O)N1CCN(C)CC1)[C@@H](C)c1ccc(NC(=O)[C@@](NC(=O)C(F)(F)C2CCCCC2)([SiH2]C)C2CCCCC2)c(F)c1. The number of amides is 4. The van der Waals surface area contributed by atoms with E-state index >= 15 is 13.2 Å². The number of halogens is 3. The number of benzene rings is 1. The highest BCUT2D eigenvalue weighted by Gasteiger charge is 2.53. The number of hydrogen-bond acceptors (Lipinski definition) is 5. The molecule has 0 bridgehead atoms. The molecule has 1 aromatic carbocycles. The Balaban J connectivity index is 1.60. The minimum Gasteiger partial charge on any atom is -0.341 e. The van der Waals surface area contributed by atoms with E-state index in [1.54, 1.807) is 31.7 Å². The van der Waals surface area contributed by atoms with Gasteiger partial charge in [-0.05, 0) is 63.3 Å². The monoisotopic (exact) mass is 707 g/mol. The number of hydrogen-bond donors (Lipinski definition) is 3. The lowest BCUT2D eigenvalue weighted by Gasteiger charge is -2.43. The number of alkyl halides is 2. The van der Waals surface area contributed by atoms with Gasteiger partial charge in [0.15, 0.2) is 0 Å². The van der Waals surface area contributed by atoms with Gasteiger partial charge in [-0.3, -0.25) is 19.2 Å². The Hall–Kier alpha value is -2.93. The molecule has 1 aliphatic heterocycles. The summed E-state index contributed by atoms with van der Waals surface area (Å²) in [5, 5.41) is 6.66. The van der Waals surface area contributed by atoms with E-state index in [1.165, 1.54) is 12.1 Å². The van der Waals surface area contributed by atoms with Gasteiger partial charge in [0.05, 0.1) is 15.2 Å². The van der Waals surface area contributed by atoms with Crippen molar-refractivity contribution < 1.29 is 32.3 Å². The van der Waals surface area contributed by atoms with Gasteiger partial charge in [-0.25, -0.2) is 4.39 Å². The molecule has 3 fully saturated rings. The summed E-state index contributed by atoms with van der Waals surface area (Å²) in [7, 11) is 0.491. The summed E-state index contributed by atoms with van der Waals surface area (Å²) in [4.78, 5) is 57.9. The molecule has 3 aliphatic rings. The van der Waals surface area contributed by atoms with Crippen LogP contribution in [0.5, 0.6) is 0 Å². The van der Waals surface area contributed by atoms with Gasteiger partial charge in [0.1, 0.15) is 16.5 Å². The third-order valence-electron chi connectivity index (χ3n) is 11.6. The summed E-state index contributed by atoms with van der Waals surface area (Å²) >= 11 is 0. The lowest BCUT2D eigenvalue weighted by molar-refractivity contribution is -0.159. The van der Waals surface area contributed by atoms with Crippen LogP contribution in [0.3, 0.4) is 0 Å². The summed E-state index contributed by atoms with van der Waals surface area (Å²) in [5.74, 6) is -9.01. The Bertz CT molecular complexity index is 1350. The van der Waals surface area contributed by atoms with Gasteiger partial charge >= 0.3 is 5.92 Å². The molecule has 2 saturated carbocycles. The minimum absolute atomic E-state index is 0.137. The van der Waals surface area contributed by atoms with Crippen LogP contribution >= 0.6 is 0 Å². The maximum Gasteiger partial charge on any atom is 0.327 e. The first-order valence-electron chi connectivity index (χ1n) is 18.3. The zero-order valence-electron chi connectivity index (χ0n) is 29.9. The number of rotatable bonds is 12. The third kappa shape index (κ3) is 8.52. The molecule has 3 N–H and O–H groups in total. The first-order valence-corrected chi connectivity index (χ1v) is 20.4. The van der Waals surface area contributed by atoms with Gasteiger partial charge in [-0.1, -0.05) is 65.0 Å². The van der Waals surface area contributed by atoms with E-state index in [0.717, 1.165) is 25.7 Å². The maximum atomic E-state index is 15.9. The van der Waals surface area contributed by atoms with Crippen LogP contribution in [0.1, 0.15) is 103 Å². The fourth-order valence-corrected chi connectivity index (χ4v) is 9.68. The highest BCUT2D eigenvalue weighted by atomic mass is 28.2. The number of nitrogens with one attached hydrogen (secondary N) is 3. The fourth-order valence-electron chi connectivity index (χ4n) is 7.95. The average Bonchev–Trinajstić information content (AvgIpc) is 3.11. The molecule has 49 heavy (non-hydrogen) atoms. The topological polar surface area (TPSA) is 111 Å². The number of carbonyl (C=O) groups is 4. The molecular weight excluding hydrogens is 652 g/mol. The van der Waals surface area contributed by atoms with Crippen molar-refractivity contribution in [3.05, 3.63) is 29.6 Å². The Morgan fingerprint density at radius 1 is 0.898 bits per heavy atom. The first-order chi connectivity index (χ1) is 23.2. The number of piperazine rings is 1. The maximum absolute atomic E-state index is 15.9. The van der Waals surface area contributed by atoms with E-state index in [2.05, 4.69) is 20.9 Å². The molecule has 4 rings (SSSR count). The molecule has 2 aliphatic carbocycles. The highest BCUT2D eigenvalue weighted by Crippen LogP contribution is 2.39. The van der Waals surface area contributed by atoms with Crippen molar-refractivity contribution in [1.82, 2.24) is 20.4 Å². The number of anilines is 1. The molecule has 0 aromatic heterocycles. The van der Waals surface area contributed by atoms with E-state index in [4.69, 9.17) is 0 Å². The second-order valence-corrected chi connectivity index (χ2v) is 16.5. The lowest BCUT2D eigenvalue weighted by Crippen LogP contribution is -2.67. The van der Waals surface area contributed by atoms with E-state index in [-0.39, 0.29) is 42.7 Å². The van der Waals surface area contributed by atoms with Crippen molar-refractivity contribution in [2.75, 3.05) is 38.5 Å². The Labute approximate surface area is 291 Å².